The number of unbranched alkanes of at least 4 members (excludes halogenated alkanes) is 2. The fraction of sp³-hybridized carbons (Fsp3) is 0.342. The number of benzene rings is 2. The van der Waals surface area contributed by atoms with Crippen molar-refractivity contribution >= 4 is 40.3 Å². The second kappa shape index (κ2) is 15.1. The fourth-order valence-corrected chi connectivity index (χ4v) is 6.69. The number of aryl methyl sites for hydroxylation is 1. The molecule has 5 amide bonds. The summed E-state index contributed by atoms with van der Waals surface area (Å²) < 4.78 is 18.9. The maximum Gasteiger partial charge on any atom is 0.266 e. The van der Waals surface area contributed by atoms with Gasteiger partial charge in [0.25, 0.3) is 17.4 Å². The number of piperidine rings is 1. The maximum atomic E-state index is 13.3. The van der Waals surface area contributed by atoms with Gasteiger partial charge in [-0.3, -0.25) is 44.0 Å². The Morgan fingerprint density at radius 2 is 1.69 bits per heavy atom. The van der Waals surface area contributed by atoms with Gasteiger partial charge in [-0.1, -0.05) is 6.07 Å². The van der Waals surface area contributed by atoms with E-state index in [-0.39, 0.29) is 54.3 Å². The van der Waals surface area contributed by atoms with Crippen molar-refractivity contribution in [3.63, 3.8) is 0 Å². The van der Waals surface area contributed by atoms with E-state index in [0.717, 1.165) is 21.4 Å². The highest BCUT2D eigenvalue weighted by atomic mass is 16.5. The molecule has 2 aromatic carbocycles. The molecule has 1 N–H and O–H groups in total. The second-order valence-corrected chi connectivity index (χ2v) is 12.8. The number of pyridine rings is 2. The van der Waals surface area contributed by atoms with Crippen LogP contribution in [-0.4, -0.2) is 82.8 Å². The number of amides is 5. The predicted molar refractivity (Wildman–Crippen MR) is 189 cm³/mol. The number of hydrogen-bond donors (Lipinski definition) is 1. The fourth-order valence-electron chi connectivity index (χ4n) is 6.69. The Balaban J connectivity index is 1.04. The van der Waals surface area contributed by atoms with Crippen LogP contribution in [0, 0.1) is 0 Å². The van der Waals surface area contributed by atoms with Crippen LogP contribution in [0.2, 0.25) is 0 Å². The predicted octanol–water partition coefficient (Wildman–Crippen LogP) is 3.62. The van der Waals surface area contributed by atoms with Crippen molar-refractivity contribution in [1.82, 2.24) is 24.7 Å². The first-order valence-corrected chi connectivity index (χ1v) is 16.9. The average molecular weight is 710 g/mol. The van der Waals surface area contributed by atoms with Gasteiger partial charge in [0.05, 0.1) is 49.4 Å². The summed E-state index contributed by atoms with van der Waals surface area (Å²) in [6.07, 6.45) is 7.24. The maximum absolute atomic E-state index is 13.3. The van der Waals surface area contributed by atoms with Crippen molar-refractivity contribution in [3.8, 4) is 28.4 Å². The van der Waals surface area contributed by atoms with Crippen LogP contribution in [0.5, 0.6) is 17.2 Å². The molecule has 0 aliphatic carbocycles. The normalized spacial score (nSPS) is 15.5. The molecule has 0 spiro atoms. The molecule has 0 saturated carbocycles. The Hall–Kier alpha value is -6.05. The molecule has 4 aromatic rings. The molecule has 1 saturated heterocycles. The monoisotopic (exact) mass is 709 g/mol. The molecular formula is C38H39N5O9. The Morgan fingerprint density at radius 1 is 0.942 bits per heavy atom. The lowest BCUT2D eigenvalue weighted by Gasteiger charge is -2.27. The van der Waals surface area contributed by atoms with Gasteiger partial charge in [0, 0.05) is 51.1 Å². The van der Waals surface area contributed by atoms with Crippen LogP contribution in [0.4, 0.5) is 0 Å². The molecule has 1 fully saturated rings. The van der Waals surface area contributed by atoms with Gasteiger partial charge >= 0.3 is 0 Å². The van der Waals surface area contributed by atoms with Crippen LogP contribution in [-0.2, 0) is 28.0 Å². The Labute approximate surface area is 299 Å². The average Bonchev–Trinajstić information content (AvgIpc) is 3.40. The highest BCUT2D eigenvalue weighted by Crippen LogP contribution is 2.38. The van der Waals surface area contributed by atoms with Crippen molar-refractivity contribution in [3.05, 3.63) is 82.0 Å². The van der Waals surface area contributed by atoms with E-state index < -0.39 is 29.7 Å². The van der Waals surface area contributed by atoms with Gasteiger partial charge in [-0.05, 0) is 67.0 Å². The summed E-state index contributed by atoms with van der Waals surface area (Å²) in [5.41, 5.74) is 2.40. The largest absolute Gasteiger partial charge is 0.496 e. The molecule has 4 heterocycles. The lowest BCUT2D eigenvalue weighted by Crippen LogP contribution is -2.54. The van der Waals surface area contributed by atoms with Crippen LogP contribution in [0.1, 0.15) is 64.8 Å². The number of methoxy groups -OCH3 is 2. The molecule has 2 aromatic heterocycles. The number of nitrogens with one attached hydrogen (secondary N) is 1. The number of rotatable bonds is 13. The summed E-state index contributed by atoms with van der Waals surface area (Å²) in [5, 5.41) is 3.44. The first-order chi connectivity index (χ1) is 25.0. The van der Waals surface area contributed by atoms with Crippen molar-refractivity contribution < 1.29 is 38.2 Å². The van der Waals surface area contributed by atoms with Crippen molar-refractivity contribution in [1.29, 1.82) is 0 Å². The number of ether oxygens (including phenoxy) is 3. The van der Waals surface area contributed by atoms with Crippen LogP contribution < -0.4 is 25.1 Å². The molecule has 1 unspecified atom stereocenters. The van der Waals surface area contributed by atoms with Crippen LogP contribution >= 0.6 is 0 Å². The van der Waals surface area contributed by atoms with E-state index in [2.05, 4.69) is 10.3 Å². The zero-order chi connectivity index (χ0) is 37.1. The SMILES string of the molecule is COc1cc(-c2cn(C)c(=O)c3cnccc23)cc(OC)c1CN(C)C(=O)CCCCCOc1cccc2c1C(=O)N(C1CCC(=O)NC1=O)C2=O. The van der Waals surface area contributed by atoms with E-state index in [1.165, 1.54) is 10.6 Å². The molecule has 52 heavy (non-hydrogen) atoms. The molecule has 14 heteroatoms. The third-order valence-electron chi connectivity index (χ3n) is 9.45. The van der Waals surface area contributed by atoms with E-state index in [1.807, 2.05) is 12.1 Å². The number of fused-ring (bicyclic) bond motifs is 2. The van der Waals surface area contributed by atoms with Gasteiger partial charge in [-0.2, -0.15) is 0 Å². The van der Waals surface area contributed by atoms with Gasteiger partial charge in [0.15, 0.2) is 0 Å². The molecule has 270 valence electrons. The number of hydrogen-bond acceptors (Lipinski definition) is 10. The third kappa shape index (κ3) is 6.83. The van der Waals surface area contributed by atoms with Crippen molar-refractivity contribution in [2.24, 2.45) is 7.05 Å². The van der Waals surface area contributed by atoms with Crippen molar-refractivity contribution in [2.45, 2.75) is 51.1 Å². The van der Waals surface area contributed by atoms with E-state index in [0.29, 0.717) is 48.1 Å². The summed E-state index contributed by atoms with van der Waals surface area (Å²) >= 11 is 0. The zero-order valence-electron chi connectivity index (χ0n) is 29.4. The summed E-state index contributed by atoms with van der Waals surface area (Å²) in [5.74, 6) is -1.07. The number of aromatic nitrogens is 2. The van der Waals surface area contributed by atoms with Crippen LogP contribution in [0.25, 0.3) is 21.9 Å². The Morgan fingerprint density at radius 3 is 2.40 bits per heavy atom. The van der Waals surface area contributed by atoms with Crippen LogP contribution in [0.15, 0.2) is 59.8 Å². The number of imide groups is 2. The van der Waals surface area contributed by atoms with E-state index in [1.54, 1.807) is 70.0 Å². The molecule has 14 nitrogen and oxygen atoms in total. The molecule has 1 atom stereocenters. The van der Waals surface area contributed by atoms with Crippen LogP contribution in [0.3, 0.4) is 0 Å². The van der Waals surface area contributed by atoms with Gasteiger partial charge in [-0.25, -0.2) is 0 Å². The molecule has 2 aliphatic rings. The standard InChI is InChI=1S/C38H39N5O9/c1-41(21-27-30(50-3)17-22(18-31(27)51-4)26-20-42(2)36(47)25-19-39-15-14-23(25)26)33(45)11-6-5-7-16-52-29-10-8-9-24-34(29)38(49)43(37(24)48)28-12-13-32(44)40-35(28)46/h8-10,14-15,17-20,28H,5-7,11-13,16,21H2,1-4H3,(H,40,44,46). The first kappa shape index (κ1) is 35.8. The topological polar surface area (TPSA) is 166 Å². The van der Waals surface area contributed by atoms with E-state index in [4.69, 9.17) is 14.2 Å². The highest BCUT2D eigenvalue weighted by Gasteiger charge is 2.46. The van der Waals surface area contributed by atoms with Gasteiger partial charge in [0.2, 0.25) is 17.7 Å². The first-order valence-electron chi connectivity index (χ1n) is 16.9. The summed E-state index contributed by atoms with van der Waals surface area (Å²) in [4.78, 5) is 82.8. The van der Waals surface area contributed by atoms with E-state index >= 15 is 0 Å². The highest BCUT2D eigenvalue weighted by molar-refractivity contribution is 6.24. The molecular weight excluding hydrogens is 670 g/mol. The zero-order valence-corrected chi connectivity index (χ0v) is 29.4. The minimum Gasteiger partial charge on any atom is -0.496 e. The quantitative estimate of drug-likeness (QED) is 0.160. The lowest BCUT2D eigenvalue weighted by atomic mass is 9.99. The third-order valence-corrected chi connectivity index (χ3v) is 9.45. The minimum atomic E-state index is -1.05. The smallest absolute Gasteiger partial charge is 0.266 e. The molecule has 0 bridgehead atoms. The molecule has 6 rings (SSSR count). The summed E-state index contributed by atoms with van der Waals surface area (Å²) in [7, 11) is 6.52. The van der Waals surface area contributed by atoms with E-state index in [9.17, 15) is 28.8 Å². The number of carbonyl (C=O) groups is 5. The Kier molecular flexibility index (Phi) is 10.4. The van der Waals surface area contributed by atoms with Crippen molar-refractivity contribution in [2.75, 3.05) is 27.9 Å². The summed E-state index contributed by atoms with van der Waals surface area (Å²) in [6.45, 7) is 0.497. The minimum absolute atomic E-state index is 0.0384. The van der Waals surface area contributed by atoms with Gasteiger partial charge in [0.1, 0.15) is 23.3 Å². The lowest BCUT2D eigenvalue weighted by molar-refractivity contribution is -0.136. The number of carbonyl (C=O) groups excluding carboxylic acids is 5. The second-order valence-electron chi connectivity index (χ2n) is 12.8. The number of nitrogens with zero attached hydrogens (tertiary/aromatic N) is 4. The summed E-state index contributed by atoms with van der Waals surface area (Å²) in [6, 6.07) is 9.22. The van der Waals surface area contributed by atoms with Gasteiger partial charge in [-0.15, -0.1) is 0 Å². The molecule has 2 aliphatic heterocycles. The Bertz CT molecular complexity index is 2140. The van der Waals surface area contributed by atoms with Gasteiger partial charge < -0.3 is 23.7 Å². The molecule has 0 radical (unpaired) electrons.